The molecule has 0 aromatic heterocycles. The van der Waals surface area contributed by atoms with Crippen molar-refractivity contribution in [1.29, 1.82) is 0 Å². The van der Waals surface area contributed by atoms with E-state index in [0.717, 1.165) is 25.3 Å². The first-order valence-corrected chi connectivity index (χ1v) is 7.58. The van der Waals surface area contributed by atoms with E-state index in [1.165, 1.54) is 32.1 Å². The van der Waals surface area contributed by atoms with Gasteiger partial charge in [0.2, 0.25) is 5.91 Å². The molecule has 1 aliphatic heterocycles. The summed E-state index contributed by atoms with van der Waals surface area (Å²) in [6.45, 7) is 3.27. The van der Waals surface area contributed by atoms with Gasteiger partial charge >= 0.3 is 0 Å². The highest BCUT2D eigenvalue weighted by Crippen LogP contribution is 2.32. The van der Waals surface area contributed by atoms with E-state index < -0.39 is 0 Å². The number of carbonyl (C=O) groups is 1. The molecule has 0 aromatic carbocycles. The predicted octanol–water partition coefficient (Wildman–Crippen LogP) is 3.34. The van der Waals surface area contributed by atoms with E-state index in [4.69, 9.17) is 0 Å². The number of hydrogen-bond acceptors (Lipinski definition) is 1. The first-order valence-electron chi connectivity index (χ1n) is 6.67. The molecule has 92 valence electrons. The van der Waals surface area contributed by atoms with Crippen molar-refractivity contribution in [3.05, 3.63) is 0 Å². The smallest absolute Gasteiger partial charge is 0.236 e. The van der Waals surface area contributed by atoms with Gasteiger partial charge in [0.25, 0.3) is 0 Å². The summed E-state index contributed by atoms with van der Waals surface area (Å²) in [4.78, 5) is 14.3. The molecule has 3 heteroatoms. The molecular weight excluding hydrogens is 266 g/mol. The molecule has 0 radical (unpaired) electrons. The molecule has 2 rings (SSSR count). The number of carbonyl (C=O) groups excluding carboxylic acids is 1. The first kappa shape index (κ1) is 12.4. The van der Waals surface area contributed by atoms with E-state index in [1.54, 1.807) is 0 Å². The largest absolute Gasteiger partial charge is 0.339 e. The average Bonchev–Trinajstić information content (AvgIpc) is 2.33. The monoisotopic (exact) mass is 287 g/mol. The van der Waals surface area contributed by atoms with Crippen LogP contribution in [0.25, 0.3) is 0 Å². The SMILES string of the molecule is CCC1CCC(N2CCCC(Br)C2=O)CC1. The maximum atomic E-state index is 12.1. The van der Waals surface area contributed by atoms with E-state index in [2.05, 4.69) is 27.8 Å². The molecule has 1 amide bonds. The summed E-state index contributed by atoms with van der Waals surface area (Å²) in [5.74, 6) is 1.25. The molecule has 1 heterocycles. The van der Waals surface area contributed by atoms with E-state index in [-0.39, 0.29) is 4.83 Å². The molecule has 2 aliphatic rings. The van der Waals surface area contributed by atoms with Gasteiger partial charge < -0.3 is 4.90 Å². The lowest BCUT2D eigenvalue weighted by Crippen LogP contribution is -2.48. The molecular formula is C13H22BrNO. The van der Waals surface area contributed by atoms with Gasteiger partial charge in [0.15, 0.2) is 0 Å². The number of hydrogen-bond donors (Lipinski definition) is 0. The van der Waals surface area contributed by atoms with Crippen LogP contribution in [0, 0.1) is 5.92 Å². The highest BCUT2D eigenvalue weighted by atomic mass is 79.9. The maximum Gasteiger partial charge on any atom is 0.236 e. The number of likely N-dealkylation sites (tertiary alicyclic amines) is 1. The summed E-state index contributed by atoms with van der Waals surface area (Å²) in [5, 5.41) is 0. The normalized spacial score (nSPS) is 36.5. The molecule has 0 bridgehead atoms. The van der Waals surface area contributed by atoms with Crippen molar-refractivity contribution in [3.63, 3.8) is 0 Å². The van der Waals surface area contributed by atoms with Crippen LogP contribution in [0.5, 0.6) is 0 Å². The summed E-state index contributed by atoms with van der Waals surface area (Å²) < 4.78 is 0. The fourth-order valence-electron chi connectivity index (χ4n) is 3.08. The Morgan fingerprint density at radius 3 is 2.56 bits per heavy atom. The summed E-state index contributed by atoms with van der Waals surface area (Å²) in [6, 6.07) is 0.538. The Balaban J connectivity index is 1.90. The van der Waals surface area contributed by atoms with Crippen molar-refractivity contribution >= 4 is 21.8 Å². The van der Waals surface area contributed by atoms with Crippen LogP contribution in [0.1, 0.15) is 51.9 Å². The van der Waals surface area contributed by atoms with Crippen LogP contribution in [0.4, 0.5) is 0 Å². The van der Waals surface area contributed by atoms with Crippen LogP contribution in [-0.4, -0.2) is 28.2 Å². The molecule has 1 saturated heterocycles. The average molecular weight is 288 g/mol. The topological polar surface area (TPSA) is 20.3 Å². The zero-order chi connectivity index (χ0) is 11.5. The van der Waals surface area contributed by atoms with Gasteiger partial charge in [0, 0.05) is 12.6 Å². The maximum absolute atomic E-state index is 12.1. The molecule has 1 atom stereocenters. The number of nitrogens with zero attached hydrogens (tertiary/aromatic N) is 1. The zero-order valence-corrected chi connectivity index (χ0v) is 11.7. The van der Waals surface area contributed by atoms with Gasteiger partial charge in [0.1, 0.15) is 0 Å². The van der Waals surface area contributed by atoms with E-state index in [0.29, 0.717) is 11.9 Å². The minimum Gasteiger partial charge on any atom is -0.339 e. The first-order chi connectivity index (χ1) is 7.72. The molecule has 1 saturated carbocycles. The Hall–Kier alpha value is -0.0500. The van der Waals surface area contributed by atoms with E-state index >= 15 is 0 Å². The molecule has 2 fully saturated rings. The second kappa shape index (κ2) is 5.52. The molecule has 0 N–H and O–H groups in total. The van der Waals surface area contributed by atoms with Gasteiger partial charge in [-0.3, -0.25) is 4.79 Å². The van der Waals surface area contributed by atoms with Gasteiger partial charge in [-0.2, -0.15) is 0 Å². The third-order valence-electron chi connectivity index (χ3n) is 4.24. The Morgan fingerprint density at radius 2 is 1.94 bits per heavy atom. The third kappa shape index (κ3) is 2.61. The second-order valence-corrected chi connectivity index (χ2v) is 6.33. The Morgan fingerprint density at radius 1 is 1.25 bits per heavy atom. The van der Waals surface area contributed by atoms with E-state index in [9.17, 15) is 4.79 Å². The van der Waals surface area contributed by atoms with E-state index in [1.807, 2.05) is 0 Å². The summed E-state index contributed by atoms with van der Waals surface area (Å²) in [6.07, 6.45) is 8.57. The lowest BCUT2D eigenvalue weighted by Gasteiger charge is -2.40. The minimum absolute atomic E-state index is 0.0881. The molecule has 0 spiro atoms. The number of rotatable bonds is 2. The quantitative estimate of drug-likeness (QED) is 0.714. The van der Waals surface area contributed by atoms with Crippen LogP contribution in [0.15, 0.2) is 0 Å². The standard InChI is InChI=1S/C13H22BrNO/c1-2-10-5-7-11(8-6-10)15-9-3-4-12(14)13(15)16/h10-12H,2-9H2,1H3. The molecule has 16 heavy (non-hydrogen) atoms. The number of piperidine rings is 1. The Labute approximate surface area is 107 Å². The zero-order valence-electron chi connectivity index (χ0n) is 10.1. The van der Waals surface area contributed by atoms with Crippen molar-refractivity contribution in [1.82, 2.24) is 4.90 Å². The Bertz CT molecular complexity index is 248. The van der Waals surface area contributed by atoms with Crippen LogP contribution < -0.4 is 0 Å². The fraction of sp³-hybridized carbons (Fsp3) is 0.923. The fourth-order valence-corrected chi connectivity index (χ4v) is 3.67. The lowest BCUT2D eigenvalue weighted by atomic mass is 9.83. The van der Waals surface area contributed by atoms with Gasteiger partial charge in [-0.25, -0.2) is 0 Å². The minimum atomic E-state index is 0.0881. The van der Waals surface area contributed by atoms with Crippen LogP contribution in [-0.2, 0) is 4.79 Å². The molecule has 1 aliphatic carbocycles. The predicted molar refractivity (Wildman–Crippen MR) is 69.7 cm³/mol. The highest BCUT2D eigenvalue weighted by molar-refractivity contribution is 9.10. The van der Waals surface area contributed by atoms with Crippen molar-refractivity contribution in [2.45, 2.75) is 62.7 Å². The van der Waals surface area contributed by atoms with Gasteiger partial charge in [-0.1, -0.05) is 29.3 Å². The molecule has 1 unspecified atom stereocenters. The van der Waals surface area contributed by atoms with Gasteiger partial charge in [-0.15, -0.1) is 0 Å². The van der Waals surface area contributed by atoms with Crippen LogP contribution in [0.2, 0.25) is 0 Å². The summed E-state index contributed by atoms with van der Waals surface area (Å²) in [7, 11) is 0. The van der Waals surface area contributed by atoms with Crippen molar-refractivity contribution in [2.24, 2.45) is 5.92 Å². The third-order valence-corrected chi connectivity index (χ3v) is 5.09. The molecule has 2 nitrogen and oxygen atoms in total. The van der Waals surface area contributed by atoms with Crippen molar-refractivity contribution < 1.29 is 4.79 Å². The molecule has 0 aromatic rings. The van der Waals surface area contributed by atoms with Gasteiger partial charge in [-0.05, 0) is 44.4 Å². The van der Waals surface area contributed by atoms with Crippen LogP contribution in [0.3, 0.4) is 0 Å². The number of halogens is 1. The van der Waals surface area contributed by atoms with Crippen LogP contribution >= 0.6 is 15.9 Å². The van der Waals surface area contributed by atoms with Crippen molar-refractivity contribution in [2.75, 3.05) is 6.54 Å². The number of alkyl halides is 1. The number of amides is 1. The summed E-state index contributed by atoms with van der Waals surface area (Å²) >= 11 is 3.49. The lowest BCUT2D eigenvalue weighted by molar-refractivity contribution is -0.135. The summed E-state index contributed by atoms with van der Waals surface area (Å²) in [5.41, 5.74) is 0. The Kier molecular flexibility index (Phi) is 4.28. The highest BCUT2D eigenvalue weighted by Gasteiger charge is 2.33. The van der Waals surface area contributed by atoms with Crippen molar-refractivity contribution in [3.8, 4) is 0 Å². The van der Waals surface area contributed by atoms with Gasteiger partial charge in [0.05, 0.1) is 4.83 Å². The second-order valence-electron chi connectivity index (χ2n) is 5.22.